The van der Waals surface area contributed by atoms with Gasteiger partial charge in [0, 0.05) is 5.56 Å². The van der Waals surface area contributed by atoms with Crippen molar-refractivity contribution >= 4 is 5.91 Å². The highest BCUT2D eigenvalue weighted by molar-refractivity contribution is 5.96. The van der Waals surface area contributed by atoms with Crippen LogP contribution in [0, 0.1) is 5.82 Å². The Morgan fingerprint density at radius 3 is 2.18 bits per heavy atom. The molecule has 0 fully saturated rings. The molecule has 0 saturated carbocycles. The number of benzene rings is 2. The number of rotatable bonds is 4. The van der Waals surface area contributed by atoms with Crippen LogP contribution in [0.15, 0.2) is 48.5 Å². The molecular weight excluding hydrogens is 287 g/mol. The number of hydrogen-bond acceptors (Lipinski definition) is 4. The third-order valence-corrected chi connectivity index (χ3v) is 2.96. The summed E-state index contributed by atoms with van der Waals surface area (Å²) in [5.41, 5.74) is 6.35. The van der Waals surface area contributed by atoms with Gasteiger partial charge in [0.05, 0.1) is 0 Å². The number of carbonyl (C=O) groups is 1. The molecule has 110 valence electrons. The van der Waals surface area contributed by atoms with Gasteiger partial charge < -0.3 is 10.5 Å². The summed E-state index contributed by atoms with van der Waals surface area (Å²) in [6, 6.07) is 12.6. The van der Waals surface area contributed by atoms with Crippen molar-refractivity contribution in [2.24, 2.45) is 5.73 Å². The van der Waals surface area contributed by atoms with Gasteiger partial charge in [-0.15, -0.1) is 0 Å². The van der Waals surface area contributed by atoms with Crippen LogP contribution >= 0.6 is 0 Å². The number of nitrogens with one attached hydrogen (secondary N) is 1. The van der Waals surface area contributed by atoms with Gasteiger partial charge in [0.2, 0.25) is 0 Å². The topological polar surface area (TPSA) is 93.9 Å². The molecule has 0 aliphatic heterocycles. The van der Waals surface area contributed by atoms with E-state index in [1.54, 1.807) is 24.3 Å². The quantitative estimate of drug-likeness (QED) is 0.773. The molecule has 0 unspecified atom stereocenters. The number of aromatic nitrogens is 3. The van der Waals surface area contributed by atoms with Crippen LogP contribution in [0.25, 0.3) is 11.3 Å². The van der Waals surface area contributed by atoms with Crippen LogP contribution in [-0.2, 0) is 0 Å². The Labute approximate surface area is 124 Å². The van der Waals surface area contributed by atoms with Crippen molar-refractivity contribution in [1.82, 2.24) is 15.4 Å². The molecule has 2 aromatic carbocycles. The third-order valence-electron chi connectivity index (χ3n) is 2.96. The minimum atomic E-state index is -0.657. The van der Waals surface area contributed by atoms with E-state index in [2.05, 4.69) is 15.4 Å². The summed E-state index contributed by atoms with van der Waals surface area (Å²) in [6.45, 7) is 0. The number of amides is 1. The van der Waals surface area contributed by atoms with Crippen LogP contribution in [0.4, 0.5) is 4.39 Å². The highest BCUT2D eigenvalue weighted by Crippen LogP contribution is 2.26. The number of nitrogens with zero attached hydrogens (tertiary/aromatic N) is 2. The lowest BCUT2D eigenvalue weighted by molar-refractivity contribution is 0.0996. The number of aromatic amines is 1. The average Bonchev–Trinajstić information content (AvgIpc) is 3.00. The summed E-state index contributed by atoms with van der Waals surface area (Å²) >= 11 is 0. The number of ether oxygens (including phenoxy) is 1. The SMILES string of the molecule is NC(=O)c1n[nH]nc1-c1ccc(Oc2ccc(F)cc2)cc1. The van der Waals surface area contributed by atoms with Gasteiger partial charge in [-0.25, -0.2) is 4.39 Å². The highest BCUT2D eigenvalue weighted by Gasteiger charge is 2.14. The van der Waals surface area contributed by atoms with Crippen LogP contribution in [0.1, 0.15) is 10.5 Å². The van der Waals surface area contributed by atoms with Crippen molar-refractivity contribution in [2.75, 3.05) is 0 Å². The van der Waals surface area contributed by atoms with Crippen molar-refractivity contribution < 1.29 is 13.9 Å². The Morgan fingerprint density at radius 1 is 1.00 bits per heavy atom. The van der Waals surface area contributed by atoms with Gasteiger partial charge in [-0.1, -0.05) is 0 Å². The van der Waals surface area contributed by atoms with Crippen LogP contribution in [0.2, 0.25) is 0 Å². The largest absolute Gasteiger partial charge is 0.457 e. The Kier molecular flexibility index (Phi) is 3.53. The van der Waals surface area contributed by atoms with Gasteiger partial charge in [0.15, 0.2) is 5.69 Å². The maximum atomic E-state index is 12.8. The van der Waals surface area contributed by atoms with E-state index >= 15 is 0 Å². The number of primary amides is 1. The molecule has 0 atom stereocenters. The first-order chi connectivity index (χ1) is 10.6. The first kappa shape index (κ1) is 13.7. The third kappa shape index (κ3) is 2.78. The minimum absolute atomic E-state index is 0.0761. The van der Waals surface area contributed by atoms with Crippen molar-refractivity contribution in [3.63, 3.8) is 0 Å². The molecule has 0 bridgehead atoms. The summed E-state index contributed by atoms with van der Waals surface area (Å²) in [4.78, 5) is 11.2. The van der Waals surface area contributed by atoms with E-state index in [0.717, 1.165) is 0 Å². The minimum Gasteiger partial charge on any atom is -0.457 e. The van der Waals surface area contributed by atoms with Crippen LogP contribution < -0.4 is 10.5 Å². The Bertz CT molecular complexity index is 797. The Hall–Kier alpha value is -3.22. The van der Waals surface area contributed by atoms with E-state index < -0.39 is 5.91 Å². The molecule has 6 nitrogen and oxygen atoms in total. The fourth-order valence-electron chi connectivity index (χ4n) is 1.92. The van der Waals surface area contributed by atoms with E-state index in [9.17, 15) is 9.18 Å². The molecule has 0 saturated heterocycles. The second-order valence-corrected chi connectivity index (χ2v) is 4.47. The molecule has 7 heteroatoms. The normalized spacial score (nSPS) is 10.4. The van der Waals surface area contributed by atoms with Gasteiger partial charge in [0.25, 0.3) is 5.91 Å². The van der Waals surface area contributed by atoms with Gasteiger partial charge in [0.1, 0.15) is 23.0 Å². The summed E-state index contributed by atoms with van der Waals surface area (Å²) in [7, 11) is 0. The van der Waals surface area contributed by atoms with Crippen LogP contribution in [0.5, 0.6) is 11.5 Å². The zero-order valence-electron chi connectivity index (χ0n) is 11.3. The van der Waals surface area contributed by atoms with Crippen molar-refractivity contribution in [1.29, 1.82) is 0 Å². The maximum absolute atomic E-state index is 12.8. The second kappa shape index (κ2) is 5.65. The lowest BCUT2D eigenvalue weighted by Crippen LogP contribution is -2.12. The lowest BCUT2D eigenvalue weighted by Gasteiger charge is -2.06. The fraction of sp³-hybridized carbons (Fsp3) is 0. The predicted octanol–water partition coefficient (Wildman–Crippen LogP) is 2.50. The Morgan fingerprint density at radius 2 is 1.59 bits per heavy atom. The number of H-pyrrole nitrogens is 1. The van der Waals surface area contributed by atoms with E-state index in [-0.39, 0.29) is 11.5 Å². The zero-order chi connectivity index (χ0) is 15.5. The highest BCUT2D eigenvalue weighted by atomic mass is 19.1. The summed E-state index contributed by atoms with van der Waals surface area (Å²) in [5, 5.41) is 10.00. The predicted molar refractivity (Wildman–Crippen MR) is 76.8 cm³/mol. The number of hydrogen-bond donors (Lipinski definition) is 2. The molecule has 0 aliphatic carbocycles. The lowest BCUT2D eigenvalue weighted by atomic mass is 10.1. The van der Waals surface area contributed by atoms with Gasteiger partial charge in [-0.3, -0.25) is 4.79 Å². The summed E-state index contributed by atoms with van der Waals surface area (Å²) in [6.07, 6.45) is 0. The van der Waals surface area contributed by atoms with Gasteiger partial charge in [-0.05, 0) is 48.5 Å². The molecule has 3 rings (SSSR count). The van der Waals surface area contributed by atoms with Gasteiger partial charge >= 0.3 is 0 Å². The zero-order valence-corrected chi connectivity index (χ0v) is 11.3. The first-order valence-corrected chi connectivity index (χ1v) is 6.38. The van der Waals surface area contributed by atoms with E-state index in [4.69, 9.17) is 10.5 Å². The average molecular weight is 298 g/mol. The van der Waals surface area contributed by atoms with Gasteiger partial charge in [-0.2, -0.15) is 15.4 Å². The van der Waals surface area contributed by atoms with E-state index in [1.165, 1.54) is 24.3 Å². The smallest absolute Gasteiger partial charge is 0.271 e. The molecule has 0 aliphatic rings. The molecule has 3 aromatic rings. The molecule has 1 heterocycles. The van der Waals surface area contributed by atoms with Crippen LogP contribution in [-0.4, -0.2) is 21.3 Å². The molecule has 0 radical (unpaired) electrons. The number of nitrogens with two attached hydrogens (primary N) is 1. The number of halogens is 1. The Balaban J connectivity index is 1.82. The maximum Gasteiger partial charge on any atom is 0.271 e. The van der Waals surface area contributed by atoms with E-state index in [0.29, 0.717) is 22.8 Å². The molecule has 0 spiro atoms. The van der Waals surface area contributed by atoms with Crippen molar-refractivity contribution in [3.05, 3.63) is 60.0 Å². The van der Waals surface area contributed by atoms with E-state index in [1.807, 2.05) is 0 Å². The van der Waals surface area contributed by atoms with Crippen molar-refractivity contribution in [3.8, 4) is 22.8 Å². The monoisotopic (exact) mass is 298 g/mol. The molecule has 3 N–H and O–H groups in total. The summed E-state index contributed by atoms with van der Waals surface area (Å²) < 4.78 is 18.4. The first-order valence-electron chi connectivity index (χ1n) is 6.38. The van der Waals surface area contributed by atoms with Crippen molar-refractivity contribution in [2.45, 2.75) is 0 Å². The molecule has 1 amide bonds. The molecule has 22 heavy (non-hydrogen) atoms. The number of carbonyl (C=O) groups excluding carboxylic acids is 1. The second-order valence-electron chi connectivity index (χ2n) is 4.47. The molecular formula is C15H11FN4O2. The molecule has 1 aromatic heterocycles. The summed E-state index contributed by atoms with van der Waals surface area (Å²) in [5.74, 6) is 0.107. The van der Waals surface area contributed by atoms with Crippen LogP contribution in [0.3, 0.4) is 0 Å². The fourth-order valence-corrected chi connectivity index (χ4v) is 1.92. The standard InChI is InChI=1S/C15H11FN4O2/c16-10-3-7-12(8-4-10)22-11-5-1-9(2-6-11)13-14(15(17)21)19-20-18-13/h1-8H,(H2,17,21)(H,18,19,20).